The van der Waals surface area contributed by atoms with Crippen LogP contribution in [0.1, 0.15) is 12.0 Å². The highest BCUT2D eigenvalue weighted by molar-refractivity contribution is 5.46. The van der Waals surface area contributed by atoms with Gasteiger partial charge in [-0.3, -0.25) is 4.40 Å². The van der Waals surface area contributed by atoms with Crippen LogP contribution in [-0.2, 0) is 6.42 Å². The van der Waals surface area contributed by atoms with E-state index in [-0.39, 0.29) is 0 Å². The minimum absolute atomic E-state index is 0.717. The summed E-state index contributed by atoms with van der Waals surface area (Å²) in [6.07, 6.45) is 5.62. The number of rotatable bonds is 3. The second-order valence-corrected chi connectivity index (χ2v) is 2.99. The Balaban J connectivity index is 2.37. The highest BCUT2D eigenvalue weighted by Gasteiger charge is 2.01. The van der Waals surface area contributed by atoms with Crippen molar-refractivity contribution in [3.05, 3.63) is 30.2 Å². The van der Waals surface area contributed by atoms with E-state index in [1.54, 1.807) is 6.33 Å². The van der Waals surface area contributed by atoms with Gasteiger partial charge in [-0.2, -0.15) is 0 Å². The van der Waals surface area contributed by atoms with Crippen LogP contribution in [0.4, 0.5) is 0 Å². The highest BCUT2D eigenvalue weighted by atomic mass is 15.2. The summed E-state index contributed by atoms with van der Waals surface area (Å²) < 4.78 is 1.92. The van der Waals surface area contributed by atoms with Crippen LogP contribution < -0.4 is 5.73 Å². The van der Waals surface area contributed by atoms with Crippen molar-refractivity contribution in [1.82, 2.24) is 14.6 Å². The first-order chi connectivity index (χ1) is 6.42. The minimum atomic E-state index is 0.717. The van der Waals surface area contributed by atoms with Crippen molar-refractivity contribution in [2.45, 2.75) is 12.8 Å². The topological polar surface area (TPSA) is 56.2 Å². The molecule has 0 aliphatic carbocycles. The van der Waals surface area contributed by atoms with Gasteiger partial charge in [0.2, 0.25) is 0 Å². The van der Waals surface area contributed by atoms with Gasteiger partial charge in [0.1, 0.15) is 6.33 Å². The first-order valence-corrected chi connectivity index (χ1v) is 4.39. The molecule has 0 radical (unpaired) electrons. The summed E-state index contributed by atoms with van der Waals surface area (Å²) in [5.41, 5.74) is 7.61. The van der Waals surface area contributed by atoms with E-state index in [1.165, 1.54) is 5.56 Å². The summed E-state index contributed by atoms with van der Waals surface area (Å²) in [6.45, 7) is 0.717. The Kier molecular flexibility index (Phi) is 2.23. The normalized spacial score (nSPS) is 10.8. The molecule has 0 aliphatic heterocycles. The number of aromatic nitrogens is 3. The largest absolute Gasteiger partial charge is 0.330 e. The van der Waals surface area contributed by atoms with Gasteiger partial charge >= 0.3 is 0 Å². The quantitative estimate of drug-likeness (QED) is 0.745. The van der Waals surface area contributed by atoms with Crippen molar-refractivity contribution in [1.29, 1.82) is 0 Å². The number of hydrogen-bond acceptors (Lipinski definition) is 3. The van der Waals surface area contributed by atoms with Crippen LogP contribution in [0.25, 0.3) is 5.65 Å². The van der Waals surface area contributed by atoms with Crippen molar-refractivity contribution < 1.29 is 0 Å². The summed E-state index contributed by atoms with van der Waals surface area (Å²) in [5, 5.41) is 7.90. The SMILES string of the molecule is NCCCc1cccn2cnnc12. The molecule has 0 unspecified atom stereocenters. The molecular formula is C9H12N4. The molecule has 2 aromatic rings. The highest BCUT2D eigenvalue weighted by Crippen LogP contribution is 2.08. The predicted molar refractivity (Wildman–Crippen MR) is 50.4 cm³/mol. The number of fused-ring (bicyclic) bond motifs is 1. The zero-order chi connectivity index (χ0) is 9.10. The molecule has 4 heteroatoms. The molecule has 0 spiro atoms. The predicted octanol–water partition coefficient (Wildman–Crippen LogP) is 0.621. The van der Waals surface area contributed by atoms with E-state index >= 15 is 0 Å². The third-order valence-corrected chi connectivity index (χ3v) is 2.05. The van der Waals surface area contributed by atoms with Gasteiger partial charge in [-0.15, -0.1) is 10.2 Å². The van der Waals surface area contributed by atoms with Gasteiger partial charge in [-0.05, 0) is 31.0 Å². The Labute approximate surface area is 76.4 Å². The molecule has 0 saturated heterocycles. The maximum Gasteiger partial charge on any atom is 0.163 e. The van der Waals surface area contributed by atoms with Crippen LogP contribution in [0.15, 0.2) is 24.7 Å². The fourth-order valence-corrected chi connectivity index (χ4v) is 1.40. The van der Waals surface area contributed by atoms with Gasteiger partial charge < -0.3 is 5.73 Å². The van der Waals surface area contributed by atoms with Gasteiger partial charge in [-0.25, -0.2) is 0 Å². The van der Waals surface area contributed by atoms with E-state index in [0.29, 0.717) is 0 Å². The van der Waals surface area contributed by atoms with Crippen molar-refractivity contribution in [2.24, 2.45) is 5.73 Å². The monoisotopic (exact) mass is 176 g/mol. The molecule has 0 amide bonds. The molecule has 0 bridgehead atoms. The third-order valence-electron chi connectivity index (χ3n) is 2.05. The molecule has 0 aliphatic rings. The third kappa shape index (κ3) is 1.53. The zero-order valence-corrected chi connectivity index (χ0v) is 7.35. The number of aryl methyl sites for hydroxylation is 1. The molecule has 13 heavy (non-hydrogen) atoms. The Hall–Kier alpha value is -1.42. The van der Waals surface area contributed by atoms with Crippen LogP contribution in [0, 0.1) is 0 Å². The summed E-state index contributed by atoms with van der Waals surface area (Å²) in [5.74, 6) is 0. The van der Waals surface area contributed by atoms with Crippen LogP contribution in [0.2, 0.25) is 0 Å². The molecule has 0 fully saturated rings. The molecule has 2 rings (SSSR count). The fraction of sp³-hybridized carbons (Fsp3) is 0.333. The van der Waals surface area contributed by atoms with Gasteiger partial charge in [0.25, 0.3) is 0 Å². The summed E-state index contributed by atoms with van der Waals surface area (Å²) in [6, 6.07) is 4.07. The Morgan fingerprint density at radius 1 is 1.46 bits per heavy atom. The van der Waals surface area contributed by atoms with Crippen molar-refractivity contribution in [2.75, 3.05) is 6.54 Å². The van der Waals surface area contributed by atoms with E-state index in [2.05, 4.69) is 16.3 Å². The van der Waals surface area contributed by atoms with E-state index in [1.807, 2.05) is 16.7 Å². The Bertz CT molecular complexity index is 393. The second-order valence-electron chi connectivity index (χ2n) is 2.99. The first kappa shape index (κ1) is 8.19. The Morgan fingerprint density at radius 2 is 2.38 bits per heavy atom. The average Bonchev–Trinajstić information content (AvgIpc) is 2.62. The minimum Gasteiger partial charge on any atom is -0.330 e. The summed E-state index contributed by atoms with van der Waals surface area (Å²) in [7, 11) is 0. The van der Waals surface area contributed by atoms with Crippen molar-refractivity contribution in [3.63, 3.8) is 0 Å². The lowest BCUT2D eigenvalue weighted by atomic mass is 10.1. The molecule has 0 atom stereocenters. The molecule has 0 saturated carbocycles. The van der Waals surface area contributed by atoms with Crippen LogP contribution in [-0.4, -0.2) is 21.1 Å². The van der Waals surface area contributed by atoms with Crippen LogP contribution in [0.3, 0.4) is 0 Å². The number of nitrogens with two attached hydrogens (primary N) is 1. The van der Waals surface area contributed by atoms with Gasteiger partial charge in [0, 0.05) is 6.20 Å². The molecule has 68 valence electrons. The van der Waals surface area contributed by atoms with E-state index in [4.69, 9.17) is 5.73 Å². The first-order valence-electron chi connectivity index (χ1n) is 4.39. The fourth-order valence-electron chi connectivity index (χ4n) is 1.40. The lowest BCUT2D eigenvalue weighted by Gasteiger charge is -2.00. The van der Waals surface area contributed by atoms with Crippen molar-refractivity contribution in [3.8, 4) is 0 Å². The maximum absolute atomic E-state index is 5.45. The molecular weight excluding hydrogens is 164 g/mol. The average molecular weight is 176 g/mol. The van der Waals surface area contributed by atoms with Crippen LogP contribution >= 0.6 is 0 Å². The van der Waals surface area contributed by atoms with Gasteiger partial charge in [-0.1, -0.05) is 6.07 Å². The van der Waals surface area contributed by atoms with Crippen molar-refractivity contribution >= 4 is 5.65 Å². The molecule has 2 N–H and O–H groups in total. The second kappa shape index (κ2) is 3.53. The van der Waals surface area contributed by atoms with Gasteiger partial charge in [0.05, 0.1) is 0 Å². The zero-order valence-electron chi connectivity index (χ0n) is 7.35. The standard InChI is InChI=1S/C9H12N4/c10-5-1-3-8-4-2-6-13-7-11-12-9(8)13/h2,4,6-7H,1,3,5,10H2. The van der Waals surface area contributed by atoms with Crippen LogP contribution in [0.5, 0.6) is 0 Å². The molecule has 2 heterocycles. The Morgan fingerprint density at radius 3 is 3.23 bits per heavy atom. The number of pyridine rings is 1. The lowest BCUT2D eigenvalue weighted by molar-refractivity contribution is 0.831. The molecule has 4 nitrogen and oxygen atoms in total. The molecule has 2 aromatic heterocycles. The molecule has 0 aromatic carbocycles. The van der Waals surface area contributed by atoms with Gasteiger partial charge in [0.15, 0.2) is 5.65 Å². The summed E-state index contributed by atoms with van der Waals surface area (Å²) >= 11 is 0. The van der Waals surface area contributed by atoms with E-state index in [0.717, 1.165) is 25.0 Å². The van der Waals surface area contributed by atoms with E-state index < -0.39 is 0 Å². The lowest BCUT2D eigenvalue weighted by Crippen LogP contribution is -2.01. The smallest absolute Gasteiger partial charge is 0.163 e. The van der Waals surface area contributed by atoms with E-state index in [9.17, 15) is 0 Å². The maximum atomic E-state index is 5.45. The summed E-state index contributed by atoms with van der Waals surface area (Å²) in [4.78, 5) is 0. The number of nitrogens with zero attached hydrogens (tertiary/aromatic N) is 3. The number of hydrogen-bond donors (Lipinski definition) is 1.